The zero-order chi connectivity index (χ0) is 24.6. The van der Waals surface area contributed by atoms with Gasteiger partial charge < -0.3 is 21.1 Å². The van der Waals surface area contributed by atoms with Gasteiger partial charge in [0.15, 0.2) is 11.4 Å². The molecule has 1 aromatic heterocycles. The van der Waals surface area contributed by atoms with Crippen LogP contribution in [0, 0.1) is 11.3 Å². The molecule has 0 radical (unpaired) electrons. The number of hydrazine groups is 1. The second kappa shape index (κ2) is 11.0. The lowest BCUT2D eigenvalue weighted by Crippen LogP contribution is -2.38. The number of nitriles is 1. The molecular weight excluding hydrogens is 445 g/mol. The molecule has 2 aromatic rings. The summed E-state index contributed by atoms with van der Waals surface area (Å²) in [4.78, 5) is 32.2. The zero-order valence-corrected chi connectivity index (χ0v) is 17.4. The van der Waals surface area contributed by atoms with Crippen LogP contribution in [-0.4, -0.2) is 34.4 Å². The summed E-state index contributed by atoms with van der Waals surface area (Å²) in [6.45, 7) is 1.82. The van der Waals surface area contributed by atoms with E-state index in [-0.39, 0.29) is 48.3 Å². The minimum absolute atomic E-state index is 0.119. The van der Waals surface area contributed by atoms with Gasteiger partial charge in [-0.2, -0.15) is 28.4 Å². The number of nitrogens with zero attached hydrogens (tertiary/aromatic N) is 3. The molecule has 0 unspecified atom stereocenters. The van der Waals surface area contributed by atoms with Crippen molar-refractivity contribution in [2.45, 2.75) is 32.0 Å². The maximum atomic E-state index is 13.0. The molecule has 0 saturated heterocycles. The average Bonchev–Trinajstić information content (AvgIpc) is 2.76. The lowest BCUT2D eigenvalue weighted by atomic mass is 10.1. The SMILES string of the molecule is CCOc1nc(N)nc(N[C@@H](CCC(=O)NN)C(=O)Nc2cccc(C(F)(F)F)c2)c1C#N. The Bertz CT molecular complexity index is 1060. The summed E-state index contributed by atoms with van der Waals surface area (Å²) in [5, 5.41) is 14.5. The average molecular weight is 466 g/mol. The Kier molecular flexibility index (Phi) is 8.35. The first kappa shape index (κ1) is 25.1. The second-order valence-electron chi connectivity index (χ2n) is 6.53. The van der Waals surface area contributed by atoms with Gasteiger partial charge in [0.2, 0.25) is 23.6 Å². The summed E-state index contributed by atoms with van der Waals surface area (Å²) in [7, 11) is 0. The first-order valence-electron chi connectivity index (χ1n) is 9.53. The summed E-state index contributed by atoms with van der Waals surface area (Å²) in [6.07, 6.45) is -4.97. The highest BCUT2D eigenvalue weighted by atomic mass is 19.4. The van der Waals surface area contributed by atoms with Crippen LogP contribution in [0.2, 0.25) is 0 Å². The van der Waals surface area contributed by atoms with Crippen molar-refractivity contribution in [3.8, 4) is 11.9 Å². The highest BCUT2D eigenvalue weighted by Crippen LogP contribution is 2.31. The molecular formula is C19H21F3N8O3. The molecule has 33 heavy (non-hydrogen) atoms. The van der Waals surface area contributed by atoms with Crippen LogP contribution in [0.25, 0.3) is 0 Å². The number of alkyl halides is 3. The van der Waals surface area contributed by atoms with Crippen LogP contribution in [0.5, 0.6) is 5.88 Å². The largest absolute Gasteiger partial charge is 0.477 e. The van der Waals surface area contributed by atoms with Crippen molar-refractivity contribution in [2.75, 3.05) is 23.0 Å². The molecule has 2 amide bonds. The van der Waals surface area contributed by atoms with Crippen molar-refractivity contribution < 1.29 is 27.5 Å². The number of nitrogens with two attached hydrogens (primary N) is 2. The molecule has 2 rings (SSSR count). The van der Waals surface area contributed by atoms with Gasteiger partial charge in [0.1, 0.15) is 12.1 Å². The number of nitrogen functional groups attached to an aromatic ring is 1. The van der Waals surface area contributed by atoms with E-state index in [4.69, 9.17) is 16.3 Å². The molecule has 14 heteroatoms. The van der Waals surface area contributed by atoms with Gasteiger partial charge in [-0.1, -0.05) is 6.07 Å². The summed E-state index contributed by atoms with van der Waals surface area (Å²) in [5.41, 5.74) is 6.34. The number of ether oxygens (including phenoxy) is 1. The Morgan fingerprint density at radius 3 is 2.64 bits per heavy atom. The van der Waals surface area contributed by atoms with Crippen LogP contribution >= 0.6 is 0 Å². The number of carbonyl (C=O) groups is 2. The highest BCUT2D eigenvalue weighted by Gasteiger charge is 2.31. The number of anilines is 3. The third kappa shape index (κ3) is 6.94. The van der Waals surface area contributed by atoms with Crippen LogP contribution in [0.3, 0.4) is 0 Å². The number of hydrogen-bond acceptors (Lipinski definition) is 9. The Hall–Kier alpha value is -4.12. The third-order valence-corrected chi connectivity index (χ3v) is 4.19. The van der Waals surface area contributed by atoms with E-state index >= 15 is 0 Å². The number of amides is 2. The number of benzene rings is 1. The summed E-state index contributed by atoms with van der Waals surface area (Å²) < 4.78 is 44.2. The first-order valence-corrected chi connectivity index (χ1v) is 9.53. The molecule has 176 valence electrons. The van der Waals surface area contributed by atoms with E-state index in [1.54, 1.807) is 6.92 Å². The molecule has 0 aliphatic heterocycles. The standard InChI is InChI=1S/C19H21F3N8O3/c1-2-33-17-12(9-23)15(28-18(24)29-17)27-13(6-7-14(31)30-25)16(32)26-11-5-3-4-10(8-11)19(20,21)22/h3-5,8,13H,2,6-7,25H2,1H3,(H,26,32)(H,30,31)(H3,24,27,28,29)/t13-/m0/s1. The van der Waals surface area contributed by atoms with Gasteiger partial charge in [-0.25, -0.2) is 5.84 Å². The number of hydrogen-bond donors (Lipinski definition) is 5. The summed E-state index contributed by atoms with van der Waals surface area (Å²) in [5.74, 6) is 3.16. The van der Waals surface area contributed by atoms with E-state index in [0.717, 1.165) is 18.2 Å². The van der Waals surface area contributed by atoms with Crippen LogP contribution in [0.1, 0.15) is 30.9 Å². The highest BCUT2D eigenvalue weighted by molar-refractivity contribution is 5.97. The van der Waals surface area contributed by atoms with Crippen molar-refractivity contribution >= 4 is 29.3 Å². The van der Waals surface area contributed by atoms with Gasteiger partial charge in [0.25, 0.3) is 0 Å². The van der Waals surface area contributed by atoms with Crippen LogP contribution in [-0.2, 0) is 15.8 Å². The Morgan fingerprint density at radius 1 is 1.30 bits per heavy atom. The van der Waals surface area contributed by atoms with Gasteiger partial charge in [0.05, 0.1) is 12.2 Å². The molecule has 0 bridgehead atoms. The van der Waals surface area contributed by atoms with E-state index in [1.165, 1.54) is 6.07 Å². The fraction of sp³-hybridized carbons (Fsp3) is 0.316. The van der Waals surface area contributed by atoms with E-state index in [9.17, 15) is 28.0 Å². The minimum atomic E-state index is -4.60. The number of rotatable bonds is 9. The molecule has 0 spiro atoms. The number of halogens is 3. The maximum Gasteiger partial charge on any atom is 0.416 e. The predicted octanol–water partition coefficient (Wildman–Crippen LogP) is 1.54. The van der Waals surface area contributed by atoms with E-state index < -0.39 is 29.6 Å². The summed E-state index contributed by atoms with van der Waals surface area (Å²) >= 11 is 0. The summed E-state index contributed by atoms with van der Waals surface area (Å²) in [6, 6.07) is 4.66. The molecule has 7 N–H and O–H groups in total. The van der Waals surface area contributed by atoms with Gasteiger partial charge in [-0.05, 0) is 31.5 Å². The third-order valence-electron chi connectivity index (χ3n) is 4.19. The van der Waals surface area contributed by atoms with E-state index in [0.29, 0.717) is 0 Å². The quantitative estimate of drug-likeness (QED) is 0.208. The van der Waals surface area contributed by atoms with Crippen molar-refractivity contribution in [1.29, 1.82) is 5.26 Å². The maximum absolute atomic E-state index is 13.0. The molecule has 1 aromatic carbocycles. The fourth-order valence-electron chi connectivity index (χ4n) is 2.69. The number of nitrogens with one attached hydrogen (secondary N) is 3. The van der Waals surface area contributed by atoms with Gasteiger partial charge in [-0.3, -0.25) is 15.0 Å². The van der Waals surface area contributed by atoms with Crippen molar-refractivity contribution in [2.24, 2.45) is 5.84 Å². The molecule has 1 heterocycles. The van der Waals surface area contributed by atoms with Crippen LogP contribution < -0.4 is 32.4 Å². The number of carbonyl (C=O) groups excluding carboxylic acids is 2. The molecule has 0 fully saturated rings. The normalized spacial score (nSPS) is 11.8. The van der Waals surface area contributed by atoms with Crippen molar-refractivity contribution in [3.63, 3.8) is 0 Å². The molecule has 0 aliphatic rings. The minimum Gasteiger partial charge on any atom is -0.477 e. The van der Waals surface area contributed by atoms with Crippen LogP contribution in [0.4, 0.5) is 30.6 Å². The molecule has 0 aliphatic carbocycles. The van der Waals surface area contributed by atoms with Gasteiger partial charge >= 0.3 is 6.18 Å². The second-order valence-corrected chi connectivity index (χ2v) is 6.53. The van der Waals surface area contributed by atoms with Crippen molar-refractivity contribution in [3.05, 3.63) is 35.4 Å². The lowest BCUT2D eigenvalue weighted by molar-refractivity contribution is -0.137. The molecule has 1 atom stereocenters. The molecule has 0 saturated carbocycles. The Balaban J connectivity index is 2.35. The van der Waals surface area contributed by atoms with Crippen LogP contribution in [0.15, 0.2) is 24.3 Å². The Labute approximate surface area is 186 Å². The van der Waals surface area contributed by atoms with E-state index in [1.807, 2.05) is 11.5 Å². The topological polar surface area (TPSA) is 181 Å². The predicted molar refractivity (Wildman–Crippen MR) is 111 cm³/mol. The first-order chi connectivity index (χ1) is 15.6. The Morgan fingerprint density at radius 2 is 2.03 bits per heavy atom. The van der Waals surface area contributed by atoms with E-state index in [2.05, 4.69) is 20.6 Å². The van der Waals surface area contributed by atoms with Gasteiger partial charge in [0, 0.05) is 12.1 Å². The lowest BCUT2D eigenvalue weighted by Gasteiger charge is -2.20. The molecule has 11 nitrogen and oxygen atoms in total. The fourth-order valence-corrected chi connectivity index (χ4v) is 2.69. The smallest absolute Gasteiger partial charge is 0.416 e. The monoisotopic (exact) mass is 466 g/mol. The number of aromatic nitrogens is 2. The van der Waals surface area contributed by atoms with Gasteiger partial charge in [-0.15, -0.1) is 0 Å². The zero-order valence-electron chi connectivity index (χ0n) is 17.4. The van der Waals surface area contributed by atoms with Crippen molar-refractivity contribution in [1.82, 2.24) is 15.4 Å².